The first-order valence-electron chi connectivity index (χ1n) is 6.55. The van der Waals surface area contributed by atoms with E-state index < -0.39 is 10.0 Å². The molecule has 106 valence electrons. The molecule has 0 heterocycles. The Bertz CT molecular complexity index is 557. The van der Waals surface area contributed by atoms with Crippen LogP contribution in [0.2, 0.25) is 0 Å². The smallest absolute Gasteiger partial charge is 0.240 e. The SMILES string of the molecule is CC1CCCC(Nc2cccc(S(N)(=O)=O)c2N)C1. The first kappa shape index (κ1) is 14.1. The maximum Gasteiger partial charge on any atom is 0.240 e. The predicted octanol–water partition coefficient (Wildman–Crippen LogP) is 1.91. The Labute approximate surface area is 114 Å². The van der Waals surface area contributed by atoms with Crippen LogP contribution in [0, 0.1) is 5.92 Å². The van der Waals surface area contributed by atoms with Crippen LogP contribution in [0.15, 0.2) is 23.1 Å². The predicted molar refractivity (Wildman–Crippen MR) is 77.3 cm³/mol. The molecule has 5 N–H and O–H groups in total. The summed E-state index contributed by atoms with van der Waals surface area (Å²) < 4.78 is 22.8. The van der Waals surface area contributed by atoms with E-state index in [-0.39, 0.29) is 10.6 Å². The molecule has 2 atom stereocenters. The van der Waals surface area contributed by atoms with Gasteiger partial charge in [0.15, 0.2) is 0 Å². The molecule has 1 aromatic carbocycles. The highest BCUT2D eigenvalue weighted by Crippen LogP contribution is 2.30. The standard InChI is InChI=1S/C13H21N3O2S/c1-9-4-2-5-10(8-9)16-11-6-3-7-12(13(11)14)19(15,17)18/h3,6-7,9-10,16H,2,4-5,8,14H2,1H3,(H2,15,17,18). The molecular weight excluding hydrogens is 262 g/mol. The van der Waals surface area contributed by atoms with Crippen LogP contribution in [0.5, 0.6) is 0 Å². The lowest BCUT2D eigenvalue weighted by molar-refractivity contribution is 0.359. The summed E-state index contributed by atoms with van der Waals surface area (Å²) in [6.07, 6.45) is 4.61. The molecule has 0 bridgehead atoms. The largest absolute Gasteiger partial charge is 0.396 e. The van der Waals surface area contributed by atoms with Crippen molar-refractivity contribution in [3.05, 3.63) is 18.2 Å². The molecule has 0 amide bonds. The molecule has 1 aliphatic carbocycles. The van der Waals surface area contributed by atoms with Gasteiger partial charge in [-0.2, -0.15) is 0 Å². The van der Waals surface area contributed by atoms with E-state index in [1.165, 1.54) is 18.9 Å². The van der Waals surface area contributed by atoms with Crippen molar-refractivity contribution in [2.24, 2.45) is 11.1 Å². The molecule has 1 fully saturated rings. The summed E-state index contributed by atoms with van der Waals surface area (Å²) in [4.78, 5) is -0.0126. The number of para-hydroxylation sites is 1. The Morgan fingerprint density at radius 3 is 2.68 bits per heavy atom. The number of nitrogens with two attached hydrogens (primary N) is 2. The van der Waals surface area contributed by atoms with Gasteiger partial charge in [-0.1, -0.05) is 25.8 Å². The zero-order chi connectivity index (χ0) is 14.0. The second kappa shape index (κ2) is 5.38. The molecule has 2 unspecified atom stereocenters. The Hall–Kier alpha value is -1.27. The molecule has 19 heavy (non-hydrogen) atoms. The maximum atomic E-state index is 11.4. The highest BCUT2D eigenvalue weighted by molar-refractivity contribution is 7.89. The van der Waals surface area contributed by atoms with Gasteiger partial charge in [-0.3, -0.25) is 0 Å². The number of nitrogens with one attached hydrogen (secondary N) is 1. The van der Waals surface area contributed by atoms with Gasteiger partial charge in [-0.05, 0) is 30.9 Å². The van der Waals surface area contributed by atoms with Crippen molar-refractivity contribution >= 4 is 21.4 Å². The van der Waals surface area contributed by atoms with Crippen molar-refractivity contribution in [1.29, 1.82) is 0 Å². The number of rotatable bonds is 3. The molecule has 0 saturated heterocycles. The second-order valence-corrected chi connectivity index (χ2v) is 6.91. The van der Waals surface area contributed by atoms with Gasteiger partial charge in [0.1, 0.15) is 4.90 Å². The van der Waals surface area contributed by atoms with E-state index in [9.17, 15) is 8.42 Å². The van der Waals surface area contributed by atoms with Crippen LogP contribution in [-0.4, -0.2) is 14.5 Å². The number of sulfonamides is 1. The first-order valence-corrected chi connectivity index (χ1v) is 8.10. The third-order valence-electron chi connectivity index (χ3n) is 3.67. The molecule has 0 aromatic heterocycles. The number of primary sulfonamides is 1. The summed E-state index contributed by atoms with van der Waals surface area (Å²) in [6, 6.07) is 5.23. The summed E-state index contributed by atoms with van der Waals surface area (Å²) in [5, 5.41) is 8.49. The van der Waals surface area contributed by atoms with Crippen LogP contribution in [0.4, 0.5) is 11.4 Å². The number of benzene rings is 1. The summed E-state index contributed by atoms with van der Waals surface area (Å²) in [5.74, 6) is 0.689. The Morgan fingerprint density at radius 2 is 2.05 bits per heavy atom. The molecule has 1 saturated carbocycles. The lowest BCUT2D eigenvalue weighted by Crippen LogP contribution is -2.27. The van der Waals surface area contributed by atoms with E-state index in [1.54, 1.807) is 12.1 Å². The number of anilines is 2. The van der Waals surface area contributed by atoms with E-state index in [1.807, 2.05) is 0 Å². The van der Waals surface area contributed by atoms with Crippen molar-refractivity contribution in [2.75, 3.05) is 11.1 Å². The van der Waals surface area contributed by atoms with E-state index in [0.717, 1.165) is 12.8 Å². The number of hydrogen-bond donors (Lipinski definition) is 3. The first-order chi connectivity index (χ1) is 8.88. The normalized spacial score (nSPS) is 24.1. The summed E-state index contributed by atoms with van der Waals surface area (Å²) in [7, 11) is -3.77. The third kappa shape index (κ3) is 3.39. The van der Waals surface area contributed by atoms with Gasteiger partial charge in [0.25, 0.3) is 0 Å². The van der Waals surface area contributed by atoms with Crippen LogP contribution in [-0.2, 0) is 10.0 Å². The van der Waals surface area contributed by atoms with Gasteiger partial charge in [0.2, 0.25) is 10.0 Å². The monoisotopic (exact) mass is 283 g/mol. The van der Waals surface area contributed by atoms with Gasteiger partial charge in [0, 0.05) is 6.04 Å². The molecule has 0 aliphatic heterocycles. The van der Waals surface area contributed by atoms with E-state index in [0.29, 0.717) is 17.6 Å². The van der Waals surface area contributed by atoms with Gasteiger partial charge in [-0.25, -0.2) is 13.6 Å². The third-order valence-corrected chi connectivity index (χ3v) is 4.64. The Kier molecular flexibility index (Phi) is 4.01. The Balaban J connectivity index is 2.21. The van der Waals surface area contributed by atoms with Crippen LogP contribution in [0.3, 0.4) is 0 Å². The second-order valence-electron chi connectivity index (χ2n) is 5.38. The molecule has 1 aromatic rings. The molecule has 6 heteroatoms. The van der Waals surface area contributed by atoms with E-state index >= 15 is 0 Å². The fourth-order valence-electron chi connectivity index (χ4n) is 2.70. The fraction of sp³-hybridized carbons (Fsp3) is 0.538. The summed E-state index contributed by atoms with van der Waals surface area (Å²) >= 11 is 0. The minimum atomic E-state index is -3.77. The molecule has 0 spiro atoms. The van der Waals surface area contributed by atoms with E-state index in [2.05, 4.69) is 12.2 Å². The van der Waals surface area contributed by atoms with Crippen molar-refractivity contribution in [3.8, 4) is 0 Å². The van der Waals surface area contributed by atoms with Crippen LogP contribution < -0.4 is 16.2 Å². The van der Waals surface area contributed by atoms with E-state index in [4.69, 9.17) is 10.9 Å². The highest BCUT2D eigenvalue weighted by Gasteiger charge is 2.21. The molecule has 2 rings (SSSR count). The minimum absolute atomic E-state index is 0.0126. The fourth-order valence-corrected chi connectivity index (χ4v) is 3.39. The lowest BCUT2D eigenvalue weighted by atomic mass is 9.87. The zero-order valence-corrected chi connectivity index (χ0v) is 11.9. The average molecular weight is 283 g/mol. The van der Waals surface area contributed by atoms with Crippen LogP contribution in [0.25, 0.3) is 0 Å². The lowest BCUT2D eigenvalue weighted by Gasteiger charge is -2.29. The van der Waals surface area contributed by atoms with Gasteiger partial charge in [-0.15, -0.1) is 0 Å². The van der Waals surface area contributed by atoms with Crippen LogP contribution in [0.1, 0.15) is 32.6 Å². The molecular formula is C13H21N3O2S. The van der Waals surface area contributed by atoms with Gasteiger partial charge < -0.3 is 11.1 Å². The Morgan fingerprint density at radius 1 is 1.32 bits per heavy atom. The molecule has 5 nitrogen and oxygen atoms in total. The van der Waals surface area contributed by atoms with Gasteiger partial charge >= 0.3 is 0 Å². The minimum Gasteiger partial charge on any atom is -0.396 e. The summed E-state index contributed by atoms with van der Waals surface area (Å²) in [6.45, 7) is 2.23. The topological polar surface area (TPSA) is 98.2 Å². The molecule has 0 radical (unpaired) electrons. The van der Waals surface area contributed by atoms with Crippen molar-refractivity contribution < 1.29 is 8.42 Å². The van der Waals surface area contributed by atoms with Crippen molar-refractivity contribution in [2.45, 2.75) is 43.5 Å². The number of nitrogen functional groups attached to an aromatic ring is 1. The van der Waals surface area contributed by atoms with Gasteiger partial charge in [0.05, 0.1) is 11.4 Å². The maximum absolute atomic E-state index is 11.4. The zero-order valence-electron chi connectivity index (χ0n) is 11.1. The number of hydrogen-bond acceptors (Lipinski definition) is 4. The quantitative estimate of drug-likeness (QED) is 0.738. The van der Waals surface area contributed by atoms with Crippen molar-refractivity contribution in [1.82, 2.24) is 0 Å². The van der Waals surface area contributed by atoms with Crippen LogP contribution >= 0.6 is 0 Å². The molecule has 1 aliphatic rings. The highest BCUT2D eigenvalue weighted by atomic mass is 32.2. The summed E-state index contributed by atoms with van der Waals surface area (Å²) in [5.41, 5.74) is 6.77. The van der Waals surface area contributed by atoms with Crippen molar-refractivity contribution in [3.63, 3.8) is 0 Å². The average Bonchev–Trinajstić information content (AvgIpc) is 2.30.